The van der Waals surface area contributed by atoms with Gasteiger partial charge in [0.1, 0.15) is 5.78 Å². The predicted molar refractivity (Wildman–Crippen MR) is 59.5 cm³/mol. The first-order valence-electron chi connectivity index (χ1n) is 6.06. The van der Waals surface area contributed by atoms with Gasteiger partial charge in [0.25, 0.3) is 0 Å². The quantitative estimate of drug-likeness (QED) is 0.559. The second kappa shape index (κ2) is 6.59. The van der Waals surface area contributed by atoms with E-state index in [1.54, 1.807) is 0 Å². The molecular weight excluding hydrogens is 190 g/mol. The summed E-state index contributed by atoms with van der Waals surface area (Å²) in [7, 11) is 0. The molecule has 0 bridgehead atoms. The summed E-state index contributed by atoms with van der Waals surface area (Å²) in [5, 5.41) is 2.81. The van der Waals surface area contributed by atoms with Crippen molar-refractivity contribution in [2.45, 2.75) is 51.9 Å². The van der Waals surface area contributed by atoms with Gasteiger partial charge in [0.2, 0.25) is 5.91 Å². The summed E-state index contributed by atoms with van der Waals surface area (Å²) < 4.78 is 0. The zero-order chi connectivity index (χ0) is 11.1. The Labute approximate surface area is 91.6 Å². The van der Waals surface area contributed by atoms with Crippen LogP contribution in [0.15, 0.2) is 0 Å². The number of carbonyl (C=O) groups is 2. The van der Waals surface area contributed by atoms with Crippen molar-refractivity contribution in [3.8, 4) is 0 Å². The molecule has 0 aromatic rings. The number of ketones is 1. The highest BCUT2D eigenvalue weighted by Crippen LogP contribution is 2.16. The van der Waals surface area contributed by atoms with Crippen molar-refractivity contribution in [2.75, 3.05) is 6.54 Å². The molecule has 1 saturated heterocycles. The fourth-order valence-electron chi connectivity index (χ4n) is 1.97. The van der Waals surface area contributed by atoms with E-state index in [1.807, 2.05) is 0 Å². The Balaban J connectivity index is 2.38. The van der Waals surface area contributed by atoms with E-state index in [4.69, 9.17) is 0 Å². The number of unbranched alkanes of at least 4 members (excludes halogenated alkanes) is 2. The van der Waals surface area contributed by atoms with Crippen molar-refractivity contribution in [1.29, 1.82) is 0 Å². The van der Waals surface area contributed by atoms with Gasteiger partial charge in [0, 0.05) is 13.0 Å². The second-order valence-corrected chi connectivity index (χ2v) is 4.26. The van der Waals surface area contributed by atoms with Crippen molar-refractivity contribution in [3.63, 3.8) is 0 Å². The van der Waals surface area contributed by atoms with E-state index >= 15 is 0 Å². The van der Waals surface area contributed by atoms with Crippen LogP contribution in [-0.2, 0) is 9.59 Å². The summed E-state index contributed by atoms with van der Waals surface area (Å²) in [6.07, 6.45) is 6.44. The molecule has 0 aromatic heterocycles. The van der Waals surface area contributed by atoms with Gasteiger partial charge in [0.05, 0.1) is 5.92 Å². The normalized spacial score (nSPS) is 21.9. The molecule has 3 heteroatoms. The second-order valence-electron chi connectivity index (χ2n) is 4.26. The van der Waals surface area contributed by atoms with Gasteiger partial charge in [-0.3, -0.25) is 9.59 Å². The van der Waals surface area contributed by atoms with Crippen LogP contribution in [0.25, 0.3) is 0 Å². The molecule has 1 aliphatic heterocycles. The van der Waals surface area contributed by atoms with Crippen molar-refractivity contribution in [2.24, 2.45) is 5.92 Å². The molecule has 0 radical (unpaired) electrons. The van der Waals surface area contributed by atoms with E-state index in [9.17, 15) is 9.59 Å². The highest BCUT2D eigenvalue weighted by Gasteiger charge is 2.26. The van der Waals surface area contributed by atoms with Crippen LogP contribution in [0.1, 0.15) is 51.9 Å². The molecule has 1 aliphatic rings. The Morgan fingerprint density at radius 1 is 1.40 bits per heavy atom. The smallest absolute Gasteiger partial charge is 0.230 e. The monoisotopic (exact) mass is 211 g/mol. The maximum Gasteiger partial charge on any atom is 0.230 e. The van der Waals surface area contributed by atoms with Gasteiger partial charge in [-0.05, 0) is 19.3 Å². The summed E-state index contributed by atoms with van der Waals surface area (Å²) in [5.41, 5.74) is 0. The molecule has 15 heavy (non-hydrogen) atoms. The third-order valence-electron chi connectivity index (χ3n) is 2.95. The Morgan fingerprint density at radius 3 is 2.93 bits per heavy atom. The van der Waals surface area contributed by atoms with E-state index in [2.05, 4.69) is 12.2 Å². The van der Waals surface area contributed by atoms with Gasteiger partial charge >= 0.3 is 0 Å². The van der Waals surface area contributed by atoms with Crippen LogP contribution in [0, 0.1) is 5.92 Å². The van der Waals surface area contributed by atoms with Gasteiger partial charge in [-0.25, -0.2) is 0 Å². The molecule has 1 rings (SSSR count). The summed E-state index contributed by atoms with van der Waals surface area (Å²) in [4.78, 5) is 23.3. The molecule has 1 fully saturated rings. The first kappa shape index (κ1) is 12.2. The Kier molecular flexibility index (Phi) is 5.37. The van der Waals surface area contributed by atoms with E-state index < -0.39 is 0 Å². The van der Waals surface area contributed by atoms with E-state index in [1.165, 1.54) is 0 Å². The zero-order valence-electron chi connectivity index (χ0n) is 9.55. The highest BCUT2D eigenvalue weighted by atomic mass is 16.2. The molecule has 1 N–H and O–H groups in total. The fraction of sp³-hybridized carbons (Fsp3) is 0.833. The SMILES string of the molecule is CCCCCC(=O)C1CCCCNC1=O. The lowest BCUT2D eigenvalue weighted by atomic mass is 9.94. The van der Waals surface area contributed by atoms with Crippen LogP contribution in [0.3, 0.4) is 0 Å². The number of hydrogen-bond acceptors (Lipinski definition) is 2. The fourth-order valence-corrected chi connectivity index (χ4v) is 1.97. The first-order valence-corrected chi connectivity index (χ1v) is 6.06. The highest BCUT2D eigenvalue weighted by molar-refractivity contribution is 6.01. The standard InChI is InChI=1S/C12H21NO2/c1-2-3-4-8-11(14)10-7-5-6-9-13-12(10)15/h10H,2-9H2,1H3,(H,13,15). The molecular formula is C12H21NO2. The summed E-state index contributed by atoms with van der Waals surface area (Å²) in [6, 6.07) is 0. The van der Waals surface area contributed by atoms with Crippen LogP contribution in [0.5, 0.6) is 0 Å². The largest absolute Gasteiger partial charge is 0.355 e. The van der Waals surface area contributed by atoms with Crippen molar-refractivity contribution >= 4 is 11.7 Å². The summed E-state index contributed by atoms with van der Waals surface area (Å²) in [6.45, 7) is 2.85. The molecule has 0 aliphatic carbocycles. The Bertz CT molecular complexity index is 226. The molecule has 0 aromatic carbocycles. The van der Waals surface area contributed by atoms with Gasteiger partial charge in [-0.1, -0.05) is 26.2 Å². The average molecular weight is 211 g/mol. The topological polar surface area (TPSA) is 46.2 Å². The lowest BCUT2D eigenvalue weighted by molar-refractivity contribution is -0.133. The first-order chi connectivity index (χ1) is 7.25. The Morgan fingerprint density at radius 2 is 2.20 bits per heavy atom. The molecule has 1 amide bonds. The molecule has 0 saturated carbocycles. The number of Topliss-reactive ketones (excluding diaryl/α,β-unsaturated/α-hetero) is 1. The van der Waals surface area contributed by atoms with Crippen LogP contribution < -0.4 is 5.32 Å². The summed E-state index contributed by atoms with van der Waals surface area (Å²) >= 11 is 0. The predicted octanol–water partition coefficient (Wildman–Crippen LogP) is 2.05. The van der Waals surface area contributed by atoms with Crippen LogP contribution in [-0.4, -0.2) is 18.2 Å². The maximum absolute atomic E-state index is 11.8. The zero-order valence-corrected chi connectivity index (χ0v) is 9.55. The molecule has 1 heterocycles. The van der Waals surface area contributed by atoms with E-state index in [0.29, 0.717) is 6.42 Å². The number of amides is 1. The molecule has 1 atom stereocenters. The van der Waals surface area contributed by atoms with Crippen molar-refractivity contribution in [3.05, 3.63) is 0 Å². The third-order valence-corrected chi connectivity index (χ3v) is 2.95. The van der Waals surface area contributed by atoms with Crippen LogP contribution in [0.2, 0.25) is 0 Å². The molecule has 0 spiro atoms. The van der Waals surface area contributed by atoms with Gasteiger partial charge in [-0.15, -0.1) is 0 Å². The summed E-state index contributed by atoms with van der Waals surface area (Å²) in [5.74, 6) is -0.263. The van der Waals surface area contributed by atoms with Crippen LogP contribution >= 0.6 is 0 Å². The molecule has 86 valence electrons. The Hall–Kier alpha value is -0.860. The molecule has 3 nitrogen and oxygen atoms in total. The number of nitrogens with one attached hydrogen (secondary N) is 1. The van der Waals surface area contributed by atoms with Crippen molar-refractivity contribution in [1.82, 2.24) is 5.32 Å². The van der Waals surface area contributed by atoms with Gasteiger partial charge in [-0.2, -0.15) is 0 Å². The van der Waals surface area contributed by atoms with Crippen LogP contribution in [0.4, 0.5) is 0 Å². The minimum Gasteiger partial charge on any atom is -0.355 e. The third kappa shape index (κ3) is 4.02. The van der Waals surface area contributed by atoms with Crippen molar-refractivity contribution < 1.29 is 9.59 Å². The number of carbonyl (C=O) groups excluding carboxylic acids is 2. The lowest BCUT2D eigenvalue weighted by Gasteiger charge is -2.11. The molecule has 1 unspecified atom stereocenters. The number of hydrogen-bond donors (Lipinski definition) is 1. The van der Waals surface area contributed by atoms with E-state index in [-0.39, 0.29) is 17.6 Å². The average Bonchev–Trinajstić information content (AvgIpc) is 2.43. The maximum atomic E-state index is 11.8. The minimum atomic E-state index is -0.357. The lowest BCUT2D eigenvalue weighted by Crippen LogP contribution is -2.33. The van der Waals surface area contributed by atoms with Gasteiger partial charge < -0.3 is 5.32 Å². The number of rotatable bonds is 5. The minimum absolute atomic E-state index is 0.0472. The van der Waals surface area contributed by atoms with E-state index in [0.717, 1.165) is 45.1 Å². The van der Waals surface area contributed by atoms with Gasteiger partial charge in [0.15, 0.2) is 0 Å².